The van der Waals surface area contributed by atoms with Crippen LogP contribution >= 0.6 is 0 Å². The van der Waals surface area contributed by atoms with E-state index in [4.69, 9.17) is 4.74 Å². The molecule has 0 fully saturated rings. The second kappa shape index (κ2) is 7.30. The molecule has 0 spiro atoms. The summed E-state index contributed by atoms with van der Waals surface area (Å²) in [6, 6.07) is 16.4. The lowest BCUT2D eigenvalue weighted by molar-refractivity contribution is 0.415. The molecular formula is C20H23N3O. The maximum absolute atomic E-state index is 5.27. The number of ether oxygens (including phenoxy) is 1. The van der Waals surface area contributed by atoms with E-state index in [2.05, 4.69) is 60.6 Å². The van der Waals surface area contributed by atoms with Crippen LogP contribution in [0.2, 0.25) is 0 Å². The maximum atomic E-state index is 5.27. The zero-order valence-electron chi connectivity index (χ0n) is 14.5. The Bertz CT molecular complexity index is 806. The van der Waals surface area contributed by atoms with Gasteiger partial charge in [0, 0.05) is 5.56 Å². The lowest BCUT2D eigenvalue weighted by Gasteiger charge is -2.10. The molecule has 0 unspecified atom stereocenters. The highest BCUT2D eigenvalue weighted by Gasteiger charge is 2.16. The molecule has 0 amide bonds. The number of unbranched alkanes of at least 4 members (excludes halogenated alkanes) is 1. The molecule has 1 aromatic heterocycles. The second-order valence-electron chi connectivity index (χ2n) is 5.97. The highest BCUT2D eigenvalue weighted by Crippen LogP contribution is 2.28. The van der Waals surface area contributed by atoms with Crippen LogP contribution in [0.15, 0.2) is 48.5 Å². The van der Waals surface area contributed by atoms with Crippen molar-refractivity contribution >= 4 is 0 Å². The SMILES string of the molecule is CCCCc1nnn(-c2cccc(C)c2)c1-c1ccc(OC)cc1. The first kappa shape index (κ1) is 16.2. The van der Waals surface area contributed by atoms with E-state index in [9.17, 15) is 0 Å². The minimum atomic E-state index is 0.850. The maximum Gasteiger partial charge on any atom is 0.118 e. The molecular weight excluding hydrogens is 298 g/mol. The predicted octanol–water partition coefficient (Wildman–Crippen LogP) is 4.59. The van der Waals surface area contributed by atoms with Gasteiger partial charge in [-0.05, 0) is 61.7 Å². The van der Waals surface area contributed by atoms with Crippen LogP contribution in [0.25, 0.3) is 16.9 Å². The quantitative estimate of drug-likeness (QED) is 0.666. The fraction of sp³-hybridized carbons (Fsp3) is 0.300. The summed E-state index contributed by atoms with van der Waals surface area (Å²) in [5.74, 6) is 0.850. The van der Waals surface area contributed by atoms with Crippen molar-refractivity contribution in [1.82, 2.24) is 15.0 Å². The largest absolute Gasteiger partial charge is 0.497 e. The van der Waals surface area contributed by atoms with Crippen molar-refractivity contribution in [2.75, 3.05) is 7.11 Å². The third kappa shape index (κ3) is 3.32. The summed E-state index contributed by atoms with van der Waals surface area (Å²) in [4.78, 5) is 0. The van der Waals surface area contributed by atoms with Gasteiger partial charge < -0.3 is 4.74 Å². The standard InChI is InChI=1S/C20H23N3O/c1-4-5-9-19-20(16-10-12-18(24-3)13-11-16)23(22-21-19)17-8-6-7-15(2)14-17/h6-8,10-14H,4-5,9H2,1-3H3. The lowest BCUT2D eigenvalue weighted by Crippen LogP contribution is -2.00. The van der Waals surface area contributed by atoms with Gasteiger partial charge in [-0.15, -0.1) is 5.10 Å². The average Bonchev–Trinajstić information content (AvgIpc) is 3.04. The summed E-state index contributed by atoms with van der Waals surface area (Å²) in [6.07, 6.45) is 3.18. The molecule has 3 rings (SSSR count). The van der Waals surface area contributed by atoms with Crippen molar-refractivity contribution in [3.63, 3.8) is 0 Å². The Morgan fingerprint density at radius 3 is 2.54 bits per heavy atom. The fourth-order valence-electron chi connectivity index (χ4n) is 2.80. The van der Waals surface area contributed by atoms with Crippen LogP contribution in [-0.4, -0.2) is 22.1 Å². The molecule has 0 radical (unpaired) electrons. The molecule has 24 heavy (non-hydrogen) atoms. The van der Waals surface area contributed by atoms with Crippen molar-refractivity contribution in [1.29, 1.82) is 0 Å². The van der Waals surface area contributed by atoms with Crippen molar-refractivity contribution in [3.8, 4) is 22.7 Å². The zero-order chi connectivity index (χ0) is 16.9. The van der Waals surface area contributed by atoms with Gasteiger partial charge in [0.05, 0.1) is 24.2 Å². The molecule has 0 aliphatic carbocycles. The summed E-state index contributed by atoms with van der Waals surface area (Å²) in [5, 5.41) is 8.90. The van der Waals surface area contributed by atoms with E-state index in [1.54, 1.807) is 7.11 Å². The van der Waals surface area contributed by atoms with Gasteiger partial charge in [0.25, 0.3) is 0 Å². The number of benzene rings is 2. The highest BCUT2D eigenvalue weighted by atomic mass is 16.5. The smallest absolute Gasteiger partial charge is 0.118 e. The third-order valence-corrected chi connectivity index (χ3v) is 4.12. The van der Waals surface area contributed by atoms with Gasteiger partial charge in [0.15, 0.2) is 0 Å². The number of hydrogen-bond acceptors (Lipinski definition) is 3. The van der Waals surface area contributed by atoms with E-state index in [0.29, 0.717) is 0 Å². The summed E-state index contributed by atoms with van der Waals surface area (Å²) >= 11 is 0. The molecule has 0 bridgehead atoms. The molecule has 4 heteroatoms. The molecule has 0 aliphatic rings. The summed E-state index contributed by atoms with van der Waals surface area (Å²) in [5.41, 5.74) is 5.46. The molecule has 0 N–H and O–H groups in total. The Kier molecular flexibility index (Phi) is 4.94. The molecule has 124 valence electrons. The van der Waals surface area contributed by atoms with Crippen LogP contribution < -0.4 is 4.74 Å². The zero-order valence-corrected chi connectivity index (χ0v) is 14.5. The van der Waals surface area contributed by atoms with Crippen LogP contribution in [0, 0.1) is 6.92 Å². The Hall–Kier alpha value is -2.62. The number of aromatic nitrogens is 3. The lowest BCUT2D eigenvalue weighted by atomic mass is 10.1. The number of aryl methyl sites for hydroxylation is 2. The summed E-state index contributed by atoms with van der Waals surface area (Å²) < 4.78 is 7.22. The van der Waals surface area contributed by atoms with Gasteiger partial charge in [-0.1, -0.05) is 30.7 Å². The Morgan fingerprint density at radius 1 is 1.08 bits per heavy atom. The van der Waals surface area contributed by atoms with Crippen molar-refractivity contribution in [3.05, 3.63) is 59.8 Å². The predicted molar refractivity (Wildman–Crippen MR) is 96.7 cm³/mol. The van der Waals surface area contributed by atoms with Gasteiger partial charge in [-0.3, -0.25) is 0 Å². The molecule has 0 aliphatic heterocycles. The van der Waals surface area contributed by atoms with Gasteiger partial charge >= 0.3 is 0 Å². The highest BCUT2D eigenvalue weighted by molar-refractivity contribution is 5.65. The van der Waals surface area contributed by atoms with Crippen LogP contribution in [0.1, 0.15) is 31.0 Å². The second-order valence-corrected chi connectivity index (χ2v) is 5.97. The Morgan fingerprint density at radius 2 is 1.88 bits per heavy atom. The molecule has 1 heterocycles. The molecule has 0 saturated carbocycles. The normalized spacial score (nSPS) is 10.8. The number of nitrogens with zero attached hydrogens (tertiary/aromatic N) is 3. The average molecular weight is 321 g/mol. The van der Waals surface area contributed by atoms with E-state index in [1.165, 1.54) is 5.56 Å². The van der Waals surface area contributed by atoms with Crippen molar-refractivity contribution in [2.24, 2.45) is 0 Å². The molecule has 0 saturated heterocycles. The van der Waals surface area contributed by atoms with Gasteiger partial charge in [-0.2, -0.15) is 0 Å². The first-order valence-corrected chi connectivity index (χ1v) is 8.39. The number of methoxy groups -OCH3 is 1. The summed E-state index contributed by atoms with van der Waals surface area (Å²) in [6.45, 7) is 4.28. The number of rotatable bonds is 6. The van der Waals surface area contributed by atoms with Gasteiger partial charge in [0.1, 0.15) is 5.75 Å². The van der Waals surface area contributed by atoms with Gasteiger partial charge in [-0.25, -0.2) is 4.68 Å². The first-order valence-electron chi connectivity index (χ1n) is 8.39. The molecule has 3 aromatic rings. The van der Waals surface area contributed by atoms with E-state index in [0.717, 1.165) is 47.7 Å². The van der Waals surface area contributed by atoms with E-state index in [1.807, 2.05) is 16.8 Å². The van der Waals surface area contributed by atoms with E-state index < -0.39 is 0 Å². The first-order chi connectivity index (χ1) is 11.7. The third-order valence-electron chi connectivity index (χ3n) is 4.12. The Balaban J connectivity index is 2.10. The van der Waals surface area contributed by atoms with Crippen LogP contribution in [0.5, 0.6) is 5.75 Å². The molecule has 4 nitrogen and oxygen atoms in total. The monoisotopic (exact) mass is 321 g/mol. The topological polar surface area (TPSA) is 39.9 Å². The van der Waals surface area contributed by atoms with E-state index >= 15 is 0 Å². The van der Waals surface area contributed by atoms with Crippen LogP contribution in [0.4, 0.5) is 0 Å². The van der Waals surface area contributed by atoms with Crippen molar-refractivity contribution < 1.29 is 4.74 Å². The van der Waals surface area contributed by atoms with Crippen LogP contribution in [0.3, 0.4) is 0 Å². The minimum Gasteiger partial charge on any atom is -0.497 e. The summed E-state index contributed by atoms with van der Waals surface area (Å²) in [7, 11) is 1.68. The van der Waals surface area contributed by atoms with Gasteiger partial charge in [0.2, 0.25) is 0 Å². The van der Waals surface area contributed by atoms with Crippen LogP contribution in [-0.2, 0) is 6.42 Å². The number of hydrogen-bond donors (Lipinski definition) is 0. The Labute approximate surface area is 143 Å². The molecule has 0 atom stereocenters. The van der Waals surface area contributed by atoms with Crippen molar-refractivity contribution in [2.45, 2.75) is 33.1 Å². The minimum absolute atomic E-state index is 0.850. The molecule has 2 aromatic carbocycles. The fourth-order valence-corrected chi connectivity index (χ4v) is 2.80. The van der Waals surface area contributed by atoms with E-state index in [-0.39, 0.29) is 0 Å².